The highest BCUT2D eigenvalue weighted by Gasteiger charge is 2.38. The molecule has 1 saturated heterocycles. The van der Waals surface area contributed by atoms with Crippen LogP contribution in [0.4, 0.5) is 24.5 Å². The van der Waals surface area contributed by atoms with Gasteiger partial charge >= 0.3 is 6.18 Å². The van der Waals surface area contributed by atoms with Crippen LogP contribution in [0.5, 0.6) is 0 Å². The van der Waals surface area contributed by atoms with Gasteiger partial charge < -0.3 is 15.2 Å². The molecule has 2 aliphatic rings. The van der Waals surface area contributed by atoms with Crippen molar-refractivity contribution in [1.29, 1.82) is 0 Å². The van der Waals surface area contributed by atoms with Crippen molar-refractivity contribution in [3.8, 4) is 0 Å². The average molecular weight is 519 g/mol. The number of ketones is 1. The third-order valence-electron chi connectivity index (χ3n) is 7.85. The number of piperazine rings is 1. The molecule has 0 radical (unpaired) electrons. The third-order valence-corrected chi connectivity index (χ3v) is 7.85. The van der Waals surface area contributed by atoms with Gasteiger partial charge in [-0.25, -0.2) is 0 Å². The summed E-state index contributed by atoms with van der Waals surface area (Å²) in [5.74, 6) is -0.142. The number of aryl methyl sites for hydroxylation is 1. The first kappa shape index (κ1) is 24.6. The number of halogens is 3. The molecule has 1 aromatic heterocycles. The molecule has 0 bridgehead atoms. The molecule has 3 heterocycles. The van der Waals surface area contributed by atoms with Crippen LogP contribution in [-0.4, -0.2) is 53.9 Å². The highest BCUT2D eigenvalue weighted by molar-refractivity contribution is 6.01. The summed E-state index contributed by atoms with van der Waals surface area (Å²) >= 11 is 0. The quantitative estimate of drug-likeness (QED) is 0.319. The lowest BCUT2D eigenvalue weighted by Gasteiger charge is -2.44. The first-order chi connectivity index (χ1) is 18.4. The van der Waals surface area contributed by atoms with Crippen LogP contribution >= 0.6 is 0 Å². The lowest BCUT2D eigenvalue weighted by Crippen LogP contribution is -2.58. The van der Waals surface area contributed by atoms with Crippen molar-refractivity contribution in [1.82, 2.24) is 9.88 Å². The van der Waals surface area contributed by atoms with Crippen molar-refractivity contribution in [2.45, 2.75) is 31.1 Å². The smallest absolute Gasteiger partial charge is 0.380 e. The molecule has 38 heavy (non-hydrogen) atoms. The second kappa shape index (κ2) is 9.83. The number of benzene rings is 3. The predicted molar refractivity (Wildman–Crippen MR) is 144 cm³/mol. The van der Waals surface area contributed by atoms with E-state index in [9.17, 15) is 18.0 Å². The van der Waals surface area contributed by atoms with E-state index in [1.54, 1.807) is 0 Å². The van der Waals surface area contributed by atoms with Gasteiger partial charge in [0.2, 0.25) is 0 Å². The minimum atomic E-state index is -4.44. The highest BCUT2D eigenvalue weighted by atomic mass is 19.4. The molecule has 1 fully saturated rings. The number of fused-ring (bicyclic) bond motifs is 2. The van der Waals surface area contributed by atoms with E-state index in [-0.39, 0.29) is 11.8 Å². The zero-order valence-electron chi connectivity index (χ0n) is 20.8. The van der Waals surface area contributed by atoms with Gasteiger partial charge in [-0.15, -0.1) is 0 Å². The van der Waals surface area contributed by atoms with Gasteiger partial charge in [0.15, 0.2) is 5.78 Å². The number of alkyl halides is 3. The van der Waals surface area contributed by atoms with Crippen molar-refractivity contribution in [2.24, 2.45) is 0 Å². The minimum absolute atomic E-state index is 0.139. The van der Waals surface area contributed by atoms with Crippen molar-refractivity contribution in [3.63, 3.8) is 0 Å². The van der Waals surface area contributed by atoms with Crippen LogP contribution in [0.1, 0.15) is 27.9 Å². The number of hydrogen-bond donors (Lipinski definition) is 2. The largest absolute Gasteiger partial charge is 0.416 e. The number of aromatic amines is 1. The Kier molecular flexibility index (Phi) is 6.35. The van der Waals surface area contributed by atoms with Gasteiger partial charge in [-0.1, -0.05) is 36.4 Å². The maximum Gasteiger partial charge on any atom is 0.416 e. The SMILES string of the molecule is O=C(c1ccc(C(F)(F)F)cc1)C(C1CCc2ccccc2N1)N1CCN(c2cccc3[nH]ccc23)CC1. The van der Waals surface area contributed by atoms with Crippen molar-refractivity contribution in [3.05, 3.63) is 95.7 Å². The molecule has 5 nitrogen and oxygen atoms in total. The van der Waals surface area contributed by atoms with Crippen molar-refractivity contribution < 1.29 is 18.0 Å². The monoisotopic (exact) mass is 518 g/mol. The molecule has 2 unspecified atom stereocenters. The highest BCUT2D eigenvalue weighted by Crippen LogP contribution is 2.32. The number of anilines is 2. The number of aromatic nitrogens is 1. The summed E-state index contributed by atoms with van der Waals surface area (Å²) in [5.41, 5.74) is 4.05. The Morgan fingerprint density at radius 3 is 2.42 bits per heavy atom. The summed E-state index contributed by atoms with van der Waals surface area (Å²) in [5, 5.41) is 4.75. The Labute approximate surface area is 219 Å². The summed E-state index contributed by atoms with van der Waals surface area (Å²) in [7, 11) is 0. The number of H-pyrrole nitrogens is 1. The van der Waals surface area contributed by atoms with E-state index in [1.165, 1.54) is 28.8 Å². The Morgan fingerprint density at radius 2 is 1.66 bits per heavy atom. The van der Waals surface area contributed by atoms with Crippen LogP contribution < -0.4 is 10.2 Å². The van der Waals surface area contributed by atoms with E-state index in [2.05, 4.69) is 44.4 Å². The molecule has 0 aliphatic carbocycles. The molecule has 2 aliphatic heterocycles. The number of nitrogens with zero attached hydrogens (tertiary/aromatic N) is 2. The van der Waals surface area contributed by atoms with Gasteiger partial charge in [-0.05, 0) is 54.8 Å². The fourth-order valence-corrected chi connectivity index (χ4v) is 5.88. The topological polar surface area (TPSA) is 51.4 Å². The molecule has 4 aromatic rings. The van der Waals surface area contributed by atoms with Crippen molar-refractivity contribution >= 4 is 28.1 Å². The zero-order chi connectivity index (χ0) is 26.3. The van der Waals surface area contributed by atoms with Gasteiger partial charge in [0.05, 0.1) is 11.6 Å². The van der Waals surface area contributed by atoms with Crippen LogP contribution in [0.2, 0.25) is 0 Å². The average Bonchev–Trinajstić information content (AvgIpc) is 3.42. The summed E-state index contributed by atoms with van der Waals surface area (Å²) in [6.45, 7) is 2.87. The normalized spacial score (nSPS) is 19.1. The predicted octanol–water partition coefficient (Wildman–Crippen LogP) is 5.99. The molecule has 196 valence electrons. The van der Waals surface area contributed by atoms with Gasteiger partial charge in [0.1, 0.15) is 0 Å². The zero-order valence-corrected chi connectivity index (χ0v) is 20.8. The number of nitrogens with one attached hydrogen (secondary N) is 2. The van der Waals surface area contributed by atoms with E-state index in [0.29, 0.717) is 18.7 Å². The number of rotatable bonds is 5. The van der Waals surface area contributed by atoms with E-state index in [4.69, 9.17) is 0 Å². The first-order valence-electron chi connectivity index (χ1n) is 13.0. The Morgan fingerprint density at radius 1 is 0.895 bits per heavy atom. The van der Waals surface area contributed by atoms with Gasteiger partial charge in [0.25, 0.3) is 0 Å². The molecule has 0 saturated carbocycles. The molecule has 6 rings (SSSR count). The van der Waals surface area contributed by atoms with Crippen LogP contribution in [-0.2, 0) is 12.6 Å². The number of para-hydroxylation sites is 1. The fourth-order valence-electron chi connectivity index (χ4n) is 5.88. The molecule has 2 N–H and O–H groups in total. The second-order valence-electron chi connectivity index (χ2n) is 10.1. The lowest BCUT2D eigenvalue weighted by molar-refractivity contribution is -0.137. The maximum absolute atomic E-state index is 13.9. The van der Waals surface area contributed by atoms with Gasteiger partial charge in [-0.3, -0.25) is 9.69 Å². The molecule has 0 amide bonds. The summed E-state index contributed by atoms with van der Waals surface area (Å²) in [4.78, 5) is 21.7. The number of carbonyl (C=O) groups excluding carboxylic acids is 1. The molecular weight excluding hydrogens is 489 g/mol. The van der Waals surface area contributed by atoms with E-state index < -0.39 is 17.8 Å². The molecule has 2 atom stereocenters. The first-order valence-corrected chi connectivity index (χ1v) is 13.0. The van der Waals surface area contributed by atoms with Gasteiger partial charge in [0, 0.05) is 66.3 Å². The second-order valence-corrected chi connectivity index (χ2v) is 10.1. The summed E-state index contributed by atoms with van der Waals surface area (Å²) in [6, 6.07) is 20.4. The fraction of sp³-hybridized carbons (Fsp3) is 0.300. The van der Waals surface area contributed by atoms with Crippen LogP contribution in [0.25, 0.3) is 10.9 Å². The summed E-state index contributed by atoms with van der Waals surface area (Å²) in [6.07, 6.45) is -0.874. The van der Waals surface area contributed by atoms with Crippen LogP contribution in [0.15, 0.2) is 79.0 Å². The Balaban J connectivity index is 1.26. The van der Waals surface area contributed by atoms with E-state index in [0.717, 1.165) is 49.3 Å². The molecule has 3 aromatic carbocycles. The Hall–Kier alpha value is -3.78. The number of Topliss-reactive ketones (excluding diaryl/α,β-unsaturated/α-hetero) is 1. The molecule has 8 heteroatoms. The number of hydrogen-bond acceptors (Lipinski definition) is 4. The van der Waals surface area contributed by atoms with Crippen LogP contribution in [0.3, 0.4) is 0 Å². The van der Waals surface area contributed by atoms with Gasteiger partial charge in [-0.2, -0.15) is 13.2 Å². The lowest BCUT2D eigenvalue weighted by atomic mass is 9.88. The standard InChI is InChI=1S/C30H29F3N4O/c31-30(32,33)22-11-8-21(9-12-22)29(38)28(26-13-10-20-4-1-2-5-24(20)35-26)37-18-16-36(17-19-37)27-7-3-6-25-23(27)14-15-34-25/h1-9,11-12,14-15,26,28,34-35H,10,13,16-19H2. The Bertz CT molecular complexity index is 1440. The van der Waals surface area contributed by atoms with Crippen LogP contribution in [0, 0.1) is 0 Å². The minimum Gasteiger partial charge on any atom is -0.380 e. The van der Waals surface area contributed by atoms with Crippen molar-refractivity contribution in [2.75, 3.05) is 36.4 Å². The molecule has 0 spiro atoms. The summed E-state index contributed by atoms with van der Waals surface area (Å²) < 4.78 is 39.4. The third kappa shape index (κ3) is 4.65. The number of carbonyl (C=O) groups is 1. The van der Waals surface area contributed by atoms with E-state index >= 15 is 0 Å². The maximum atomic E-state index is 13.9. The van der Waals surface area contributed by atoms with E-state index in [1.807, 2.05) is 30.5 Å². The molecular formula is C30H29F3N4O.